The Morgan fingerprint density at radius 1 is 1.40 bits per heavy atom. The highest BCUT2D eigenvalue weighted by atomic mass is 19.1. The summed E-state index contributed by atoms with van der Waals surface area (Å²) in [5.41, 5.74) is 1.02. The average molecular weight is 281 g/mol. The summed E-state index contributed by atoms with van der Waals surface area (Å²) in [4.78, 5) is 11.5. The predicted molar refractivity (Wildman–Crippen MR) is 72.8 cm³/mol. The van der Waals surface area contributed by atoms with Gasteiger partial charge in [0.1, 0.15) is 6.17 Å². The van der Waals surface area contributed by atoms with Crippen LogP contribution in [0.1, 0.15) is 24.8 Å². The molecule has 110 valence electrons. The van der Waals surface area contributed by atoms with Crippen LogP contribution in [0.2, 0.25) is 0 Å². The fourth-order valence-electron chi connectivity index (χ4n) is 2.11. The Labute approximate surface area is 117 Å². The number of hydrogen-bond donors (Lipinski definition) is 2. The molecule has 1 atom stereocenters. The number of carbonyl (C=O) groups excluding carboxylic acids is 1. The molecule has 1 unspecified atom stereocenters. The third kappa shape index (κ3) is 4.90. The minimum Gasteiger partial charge on any atom is -0.390 e. The number of ether oxygens (including phenoxy) is 1. The number of carbonyl (C=O) groups is 1. The highest BCUT2D eigenvalue weighted by molar-refractivity contribution is 5.76. The first-order valence-corrected chi connectivity index (χ1v) is 6.86. The van der Waals surface area contributed by atoms with Gasteiger partial charge in [-0.05, 0) is 18.4 Å². The van der Waals surface area contributed by atoms with Gasteiger partial charge in [0.2, 0.25) is 5.91 Å². The zero-order valence-corrected chi connectivity index (χ0v) is 11.3. The number of aliphatic hydroxyl groups excluding tert-OH is 1. The minimum atomic E-state index is -0.833. The van der Waals surface area contributed by atoms with Crippen molar-refractivity contribution in [2.75, 3.05) is 6.61 Å². The van der Waals surface area contributed by atoms with Gasteiger partial charge < -0.3 is 15.2 Å². The van der Waals surface area contributed by atoms with Gasteiger partial charge in [-0.15, -0.1) is 0 Å². The maximum Gasteiger partial charge on any atom is 0.222 e. The largest absolute Gasteiger partial charge is 0.390 e. The molecule has 1 aromatic carbocycles. The van der Waals surface area contributed by atoms with Gasteiger partial charge in [-0.3, -0.25) is 4.79 Å². The van der Waals surface area contributed by atoms with Crippen molar-refractivity contribution in [3.05, 3.63) is 35.9 Å². The molecule has 1 saturated carbocycles. The van der Waals surface area contributed by atoms with E-state index >= 15 is 0 Å². The highest BCUT2D eigenvalue weighted by Crippen LogP contribution is 2.22. The lowest BCUT2D eigenvalue weighted by Gasteiger charge is -2.30. The fourth-order valence-corrected chi connectivity index (χ4v) is 2.11. The molecule has 2 rings (SSSR count). The monoisotopic (exact) mass is 281 g/mol. The van der Waals surface area contributed by atoms with E-state index in [1.165, 1.54) is 0 Å². The second kappa shape index (κ2) is 7.36. The molecule has 1 fully saturated rings. The first-order chi connectivity index (χ1) is 9.63. The second-order valence-electron chi connectivity index (χ2n) is 5.19. The van der Waals surface area contributed by atoms with Gasteiger partial charge in [0.25, 0.3) is 0 Å². The van der Waals surface area contributed by atoms with E-state index in [9.17, 15) is 14.3 Å². The van der Waals surface area contributed by atoms with E-state index < -0.39 is 12.3 Å². The molecule has 1 amide bonds. The lowest BCUT2D eigenvalue weighted by Crippen LogP contribution is -2.46. The Morgan fingerprint density at radius 3 is 2.75 bits per heavy atom. The number of rotatable bonds is 7. The predicted octanol–water partition coefficient (Wildman–Crippen LogP) is 1.57. The van der Waals surface area contributed by atoms with Crippen molar-refractivity contribution in [1.82, 2.24) is 5.32 Å². The SMILES string of the molecule is O=C(CC(O)COCc1ccccc1)NC1CC(F)C1. The number of benzene rings is 1. The third-order valence-corrected chi connectivity index (χ3v) is 3.29. The summed E-state index contributed by atoms with van der Waals surface area (Å²) in [5, 5.41) is 12.4. The molecule has 0 aliphatic heterocycles. The van der Waals surface area contributed by atoms with Crippen LogP contribution in [-0.2, 0) is 16.1 Å². The van der Waals surface area contributed by atoms with E-state index in [0.29, 0.717) is 19.4 Å². The van der Waals surface area contributed by atoms with Gasteiger partial charge in [-0.2, -0.15) is 0 Å². The topological polar surface area (TPSA) is 58.6 Å². The summed E-state index contributed by atoms with van der Waals surface area (Å²) >= 11 is 0. The summed E-state index contributed by atoms with van der Waals surface area (Å²) in [6, 6.07) is 9.55. The normalized spacial score (nSPS) is 22.9. The number of amides is 1. The zero-order valence-electron chi connectivity index (χ0n) is 11.3. The van der Waals surface area contributed by atoms with Crippen LogP contribution in [0.4, 0.5) is 4.39 Å². The average Bonchev–Trinajstić information content (AvgIpc) is 2.38. The van der Waals surface area contributed by atoms with E-state index in [4.69, 9.17) is 4.74 Å². The molecule has 1 aliphatic carbocycles. The Morgan fingerprint density at radius 2 is 2.10 bits per heavy atom. The van der Waals surface area contributed by atoms with Crippen LogP contribution in [-0.4, -0.2) is 35.9 Å². The van der Waals surface area contributed by atoms with Crippen molar-refractivity contribution in [3.8, 4) is 0 Å². The van der Waals surface area contributed by atoms with Crippen molar-refractivity contribution < 1.29 is 19.0 Å². The molecule has 0 heterocycles. The number of hydrogen-bond acceptors (Lipinski definition) is 3. The van der Waals surface area contributed by atoms with E-state index in [2.05, 4.69) is 5.32 Å². The molecular weight excluding hydrogens is 261 g/mol. The van der Waals surface area contributed by atoms with E-state index in [-0.39, 0.29) is 25.0 Å². The summed E-state index contributed by atoms with van der Waals surface area (Å²) in [5.74, 6) is -0.252. The summed E-state index contributed by atoms with van der Waals surface area (Å²) in [6.45, 7) is 0.518. The molecule has 5 heteroatoms. The number of nitrogens with one attached hydrogen (secondary N) is 1. The molecule has 0 radical (unpaired) electrons. The Balaban J connectivity index is 1.58. The van der Waals surface area contributed by atoms with Gasteiger partial charge in [-0.1, -0.05) is 30.3 Å². The van der Waals surface area contributed by atoms with Crippen LogP contribution in [0.3, 0.4) is 0 Å². The zero-order chi connectivity index (χ0) is 14.4. The lowest BCUT2D eigenvalue weighted by molar-refractivity contribution is -0.125. The van der Waals surface area contributed by atoms with Crippen molar-refractivity contribution in [2.24, 2.45) is 0 Å². The van der Waals surface area contributed by atoms with E-state index in [1.807, 2.05) is 30.3 Å². The minimum absolute atomic E-state index is 0.0117. The van der Waals surface area contributed by atoms with E-state index in [1.54, 1.807) is 0 Å². The van der Waals surface area contributed by atoms with Crippen LogP contribution in [0.5, 0.6) is 0 Å². The van der Waals surface area contributed by atoms with Crippen LogP contribution in [0.15, 0.2) is 30.3 Å². The molecule has 0 aromatic heterocycles. The Kier molecular flexibility index (Phi) is 5.49. The van der Waals surface area contributed by atoms with Gasteiger partial charge in [0, 0.05) is 6.04 Å². The number of alkyl halides is 1. The molecule has 0 bridgehead atoms. The van der Waals surface area contributed by atoms with Crippen molar-refractivity contribution in [1.29, 1.82) is 0 Å². The fraction of sp³-hybridized carbons (Fsp3) is 0.533. The summed E-state index contributed by atoms with van der Waals surface area (Å²) in [7, 11) is 0. The van der Waals surface area contributed by atoms with E-state index in [0.717, 1.165) is 5.56 Å². The molecule has 2 N–H and O–H groups in total. The van der Waals surface area contributed by atoms with Crippen LogP contribution >= 0.6 is 0 Å². The maximum absolute atomic E-state index is 12.6. The van der Waals surface area contributed by atoms with Gasteiger partial charge >= 0.3 is 0 Å². The maximum atomic E-state index is 12.6. The first-order valence-electron chi connectivity index (χ1n) is 6.86. The highest BCUT2D eigenvalue weighted by Gasteiger charge is 2.30. The smallest absolute Gasteiger partial charge is 0.222 e. The molecule has 4 nitrogen and oxygen atoms in total. The Hall–Kier alpha value is -1.46. The number of halogens is 1. The van der Waals surface area contributed by atoms with Gasteiger partial charge in [0.05, 0.1) is 25.7 Å². The third-order valence-electron chi connectivity index (χ3n) is 3.29. The summed E-state index contributed by atoms with van der Waals surface area (Å²) in [6.07, 6.45) is -0.875. The van der Waals surface area contributed by atoms with Crippen LogP contribution in [0.25, 0.3) is 0 Å². The summed E-state index contributed by atoms with van der Waals surface area (Å²) < 4.78 is 17.9. The first kappa shape index (κ1) is 14.9. The van der Waals surface area contributed by atoms with Crippen molar-refractivity contribution in [2.45, 2.75) is 44.2 Å². The molecule has 1 aliphatic rings. The standard InChI is InChI=1S/C15H20FNO3/c16-12-6-13(7-12)17-15(19)8-14(18)10-20-9-11-4-2-1-3-5-11/h1-5,12-14,18H,6-10H2,(H,17,19). The van der Waals surface area contributed by atoms with Crippen LogP contribution in [0, 0.1) is 0 Å². The molecule has 0 spiro atoms. The second-order valence-corrected chi connectivity index (χ2v) is 5.19. The van der Waals surface area contributed by atoms with Gasteiger partial charge in [0.15, 0.2) is 0 Å². The molecule has 20 heavy (non-hydrogen) atoms. The molecule has 1 aromatic rings. The lowest BCUT2D eigenvalue weighted by atomic mass is 9.90. The molecule has 0 saturated heterocycles. The number of aliphatic hydroxyl groups is 1. The van der Waals surface area contributed by atoms with Crippen LogP contribution < -0.4 is 5.32 Å². The van der Waals surface area contributed by atoms with Gasteiger partial charge in [-0.25, -0.2) is 4.39 Å². The molecular formula is C15H20FNO3. The quantitative estimate of drug-likeness (QED) is 0.797. The van der Waals surface area contributed by atoms with Crippen molar-refractivity contribution in [3.63, 3.8) is 0 Å². The Bertz CT molecular complexity index is 420. The van der Waals surface area contributed by atoms with Crippen molar-refractivity contribution >= 4 is 5.91 Å².